The maximum absolute atomic E-state index is 5.90. The van der Waals surface area contributed by atoms with Gasteiger partial charge in [-0.15, -0.1) is 0 Å². The third kappa shape index (κ3) is 4.63. The number of rotatable bonds is 4. The Bertz CT molecular complexity index is 420. The molecule has 19 heavy (non-hydrogen) atoms. The number of halogens is 2. The van der Waals surface area contributed by atoms with Gasteiger partial charge in [-0.1, -0.05) is 11.6 Å². The second kappa shape index (κ2) is 6.93. The standard InChI is InChI=1S/C14H19BrClNO2/c1-10-8-17(9-11(2)19-10)5-6-18-14-4-3-12(16)7-13(14)15/h3-4,7,10-11H,5-6,8-9H2,1-2H3/t10-,11+. The molecule has 2 rings (SSSR count). The highest BCUT2D eigenvalue weighted by Gasteiger charge is 2.21. The van der Waals surface area contributed by atoms with Gasteiger partial charge in [0.15, 0.2) is 0 Å². The van der Waals surface area contributed by atoms with Crippen LogP contribution in [-0.2, 0) is 4.74 Å². The van der Waals surface area contributed by atoms with Crippen LogP contribution in [0, 0.1) is 0 Å². The SMILES string of the molecule is C[C@@H]1CN(CCOc2ccc(Cl)cc2Br)C[C@H](C)O1. The summed E-state index contributed by atoms with van der Waals surface area (Å²) in [5, 5.41) is 0.704. The van der Waals surface area contributed by atoms with E-state index in [1.54, 1.807) is 0 Å². The van der Waals surface area contributed by atoms with Gasteiger partial charge in [-0.25, -0.2) is 0 Å². The van der Waals surface area contributed by atoms with E-state index in [0.29, 0.717) is 23.8 Å². The van der Waals surface area contributed by atoms with Crippen molar-refractivity contribution in [2.45, 2.75) is 26.1 Å². The molecule has 0 unspecified atom stereocenters. The van der Waals surface area contributed by atoms with Crippen LogP contribution in [0.15, 0.2) is 22.7 Å². The Balaban J connectivity index is 1.80. The first-order valence-electron chi connectivity index (χ1n) is 6.50. The van der Waals surface area contributed by atoms with Crippen LogP contribution in [0.1, 0.15) is 13.8 Å². The molecule has 1 aromatic carbocycles. The van der Waals surface area contributed by atoms with E-state index in [0.717, 1.165) is 29.9 Å². The third-order valence-corrected chi connectivity index (χ3v) is 3.91. The number of hydrogen-bond acceptors (Lipinski definition) is 3. The van der Waals surface area contributed by atoms with Crippen molar-refractivity contribution in [2.24, 2.45) is 0 Å². The topological polar surface area (TPSA) is 21.7 Å². The Morgan fingerprint density at radius 2 is 2.05 bits per heavy atom. The zero-order valence-electron chi connectivity index (χ0n) is 11.2. The average molecular weight is 349 g/mol. The van der Waals surface area contributed by atoms with Gasteiger partial charge in [-0.2, -0.15) is 0 Å². The molecule has 106 valence electrons. The van der Waals surface area contributed by atoms with E-state index in [9.17, 15) is 0 Å². The molecule has 1 heterocycles. The lowest BCUT2D eigenvalue weighted by atomic mass is 10.2. The van der Waals surface area contributed by atoms with Crippen molar-refractivity contribution in [1.82, 2.24) is 4.90 Å². The third-order valence-electron chi connectivity index (χ3n) is 3.05. The van der Waals surface area contributed by atoms with Crippen molar-refractivity contribution in [3.8, 4) is 5.75 Å². The maximum atomic E-state index is 5.90. The van der Waals surface area contributed by atoms with Crippen molar-refractivity contribution in [2.75, 3.05) is 26.2 Å². The number of morpholine rings is 1. The smallest absolute Gasteiger partial charge is 0.133 e. The fourth-order valence-electron chi connectivity index (χ4n) is 2.34. The Morgan fingerprint density at radius 3 is 2.68 bits per heavy atom. The van der Waals surface area contributed by atoms with Crippen molar-refractivity contribution in [3.05, 3.63) is 27.7 Å². The Kier molecular flexibility index (Phi) is 5.51. The molecule has 3 nitrogen and oxygen atoms in total. The molecule has 0 spiro atoms. The molecule has 0 aromatic heterocycles. The molecule has 0 saturated carbocycles. The van der Waals surface area contributed by atoms with E-state index < -0.39 is 0 Å². The number of ether oxygens (including phenoxy) is 2. The Morgan fingerprint density at radius 1 is 1.37 bits per heavy atom. The van der Waals surface area contributed by atoms with Crippen molar-refractivity contribution < 1.29 is 9.47 Å². The minimum Gasteiger partial charge on any atom is -0.491 e. The second-order valence-corrected chi connectivity index (χ2v) is 6.23. The Hall–Kier alpha value is -0.290. The maximum Gasteiger partial charge on any atom is 0.133 e. The largest absolute Gasteiger partial charge is 0.491 e. The highest BCUT2D eigenvalue weighted by atomic mass is 79.9. The summed E-state index contributed by atoms with van der Waals surface area (Å²) in [6.45, 7) is 7.73. The lowest BCUT2D eigenvalue weighted by Crippen LogP contribution is -2.46. The zero-order chi connectivity index (χ0) is 13.8. The molecule has 5 heteroatoms. The van der Waals surface area contributed by atoms with Crippen LogP contribution in [-0.4, -0.2) is 43.3 Å². The van der Waals surface area contributed by atoms with Gasteiger partial charge in [0.2, 0.25) is 0 Å². The van der Waals surface area contributed by atoms with Crippen molar-refractivity contribution >= 4 is 27.5 Å². The molecule has 1 aliphatic heterocycles. The van der Waals surface area contributed by atoms with Crippen LogP contribution in [0.2, 0.25) is 5.02 Å². The Labute approximate surface area is 128 Å². The predicted molar refractivity (Wildman–Crippen MR) is 81.1 cm³/mol. The van der Waals surface area contributed by atoms with E-state index in [-0.39, 0.29) is 0 Å². The molecule has 1 saturated heterocycles. The summed E-state index contributed by atoms with van der Waals surface area (Å²) in [4.78, 5) is 2.38. The first-order chi connectivity index (χ1) is 9.04. The summed E-state index contributed by atoms with van der Waals surface area (Å²) in [7, 11) is 0. The zero-order valence-corrected chi connectivity index (χ0v) is 13.6. The van der Waals surface area contributed by atoms with Gasteiger partial charge in [0.1, 0.15) is 12.4 Å². The number of benzene rings is 1. The average Bonchev–Trinajstić information content (AvgIpc) is 2.30. The summed E-state index contributed by atoms with van der Waals surface area (Å²) in [5.41, 5.74) is 0. The minimum atomic E-state index is 0.297. The highest BCUT2D eigenvalue weighted by Crippen LogP contribution is 2.27. The van der Waals surface area contributed by atoms with E-state index in [1.165, 1.54) is 0 Å². The fraction of sp³-hybridized carbons (Fsp3) is 0.571. The van der Waals surface area contributed by atoms with E-state index in [4.69, 9.17) is 21.1 Å². The van der Waals surface area contributed by atoms with Gasteiger partial charge in [-0.05, 0) is 48.0 Å². The lowest BCUT2D eigenvalue weighted by molar-refractivity contribution is -0.0699. The molecule has 0 N–H and O–H groups in total. The number of hydrogen-bond donors (Lipinski definition) is 0. The molecule has 0 bridgehead atoms. The van der Waals surface area contributed by atoms with Crippen LogP contribution in [0.4, 0.5) is 0 Å². The molecular formula is C14H19BrClNO2. The minimum absolute atomic E-state index is 0.297. The van der Waals surface area contributed by atoms with Gasteiger partial charge in [0, 0.05) is 24.7 Å². The summed E-state index contributed by atoms with van der Waals surface area (Å²) in [6, 6.07) is 5.56. The van der Waals surface area contributed by atoms with Crippen LogP contribution < -0.4 is 4.74 Å². The fourth-order valence-corrected chi connectivity index (χ4v) is 3.14. The van der Waals surface area contributed by atoms with Crippen LogP contribution in [0.5, 0.6) is 5.75 Å². The predicted octanol–water partition coefficient (Wildman–Crippen LogP) is 3.59. The molecule has 1 fully saturated rings. The quantitative estimate of drug-likeness (QED) is 0.830. The molecule has 2 atom stereocenters. The highest BCUT2D eigenvalue weighted by molar-refractivity contribution is 9.10. The lowest BCUT2D eigenvalue weighted by Gasteiger charge is -2.35. The van der Waals surface area contributed by atoms with Crippen LogP contribution in [0.25, 0.3) is 0 Å². The van der Waals surface area contributed by atoms with Crippen molar-refractivity contribution in [3.63, 3.8) is 0 Å². The van der Waals surface area contributed by atoms with E-state index in [2.05, 4.69) is 34.7 Å². The second-order valence-electron chi connectivity index (χ2n) is 4.94. The van der Waals surface area contributed by atoms with Gasteiger partial charge < -0.3 is 9.47 Å². The van der Waals surface area contributed by atoms with Crippen LogP contribution in [0.3, 0.4) is 0 Å². The number of nitrogens with zero attached hydrogens (tertiary/aromatic N) is 1. The first kappa shape index (κ1) is 15.1. The molecule has 0 aliphatic carbocycles. The summed E-state index contributed by atoms with van der Waals surface area (Å²) in [5.74, 6) is 0.832. The van der Waals surface area contributed by atoms with E-state index >= 15 is 0 Å². The van der Waals surface area contributed by atoms with Gasteiger partial charge >= 0.3 is 0 Å². The molecule has 1 aliphatic rings. The summed E-state index contributed by atoms with van der Waals surface area (Å²) < 4.78 is 12.4. The van der Waals surface area contributed by atoms with Crippen molar-refractivity contribution in [1.29, 1.82) is 0 Å². The van der Waals surface area contributed by atoms with Crippen LogP contribution >= 0.6 is 27.5 Å². The normalized spacial score (nSPS) is 24.4. The molecular weight excluding hydrogens is 330 g/mol. The first-order valence-corrected chi connectivity index (χ1v) is 7.67. The van der Waals surface area contributed by atoms with E-state index in [1.807, 2.05) is 18.2 Å². The summed E-state index contributed by atoms with van der Waals surface area (Å²) >= 11 is 9.35. The summed E-state index contributed by atoms with van der Waals surface area (Å²) in [6.07, 6.45) is 0.594. The molecule has 0 radical (unpaired) electrons. The molecule has 1 aromatic rings. The monoisotopic (exact) mass is 347 g/mol. The van der Waals surface area contributed by atoms with Gasteiger partial charge in [0.25, 0.3) is 0 Å². The van der Waals surface area contributed by atoms with Gasteiger partial charge in [-0.3, -0.25) is 4.90 Å². The molecule has 0 amide bonds. The van der Waals surface area contributed by atoms with Gasteiger partial charge in [0.05, 0.1) is 16.7 Å².